The third kappa shape index (κ3) is 4.89. The van der Waals surface area contributed by atoms with Gasteiger partial charge in [0.05, 0.1) is 0 Å². The third-order valence-corrected chi connectivity index (χ3v) is 1.81. The van der Waals surface area contributed by atoms with Crippen LogP contribution in [0.3, 0.4) is 0 Å². The van der Waals surface area contributed by atoms with E-state index < -0.39 is 0 Å². The van der Waals surface area contributed by atoms with Crippen molar-refractivity contribution in [3.63, 3.8) is 0 Å². The molecule has 0 aliphatic carbocycles. The van der Waals surface area contributed by atoms with Gasteiger partial charge in [-0.05, 0) is 25.3 Å². The Labute approximate surface area is 75.7 Å². The normalized spacial score (nSPS) is 12.9. The highest BCUT2D eigenvalue weighted by molar-refractivity contribution is 5.90. The predicted molar refractivity (Wildman–Crippen MR) is 55.8 cm³/mol. The van der Waals surface area contributed by atoms with E-state index in [1.807, 2.05) is 12.2 Å². The molecule has 0 fully saturated rings. The van der Waals surface area contributed by atoms with Gasteiger partial charge in [-0.1, -0.05) is 38.5 Å². The van der Waals surface area contributed by atoms with Crippen molar-refractivity contribution in [3.8, 4) is 0 Å². The van der Waals surface area contributed by atoms with Crippen LogP contribution in [-0.2, 0) is 0 Å². The molecule has 1 nitrogen and oxygen atoms in total. The molecule has 0 atom stereocenters. The van der Waals surface area contributed by atoms with E-state index >= 15 is 0 Å². The Morgan fingerprint density at radius 2 is 2.00 bits per heavy atom. The third-order valence-electron chi connectivity index (χ3n) is 1.81. The average molecular weight is 165 g/mol. The summed E-state index contributed by atoms with van der Waals surface area (Å²) in [7, 11) is 0. The molecule has 0 rings (SSSR count). The van der Waals surface area contributed by atoms with Gasteiger partial charge in [-0.15, -0.1) is 0 Å². The molecule has 0 radical (unpaired) electrons. The largest absolute Gasteiger partial charge is 0.306 e. The first-order valence-corrected chi connectivity index (χ1v) is 4.50. The molecule has 1 heteroatoms. The second-order valence-corrected chi connectivity index (χ2v) is 3.29. The van der Waals surface area contributed by atoms with Crippen LogP contribution in [0.5, 0.6) is 0 Å². The maximum atomic E-state index is 7.19. The van der Waals surface area contributed by atoms with Crippen LogP contribution >= 0.6 is 0 Å². The summed E-state index contributed by atoms with van der Waals surface area (Å²) in [5.74, 6) is 0.616. The second-order valence-electron chi connectivity index (χ2n) is 3.29. The molecule has 68 valence electrons. The van der Waals surface area contributed by atoms with E-state index in [1.54, 1.807) is 6.92 Å². The molecule has 0 heterocycles. The van der Waals surface area contributed by atoms with Crippen molar-refractivity contribution < 1.29 is 0 Å². The maximum Gasteiger partial charge on any atom is 0.0282 e. The molecule has 0 aromatic heterocycles. The predicted octanol–water partition coefficient (Wildman–Crippen LogP) is 3.57. The molecule has 0 amide bonds. The van der Waals surface area contributed by atoms with Crippen LogP contribution in [0.25, 0.3) is 0 Å². The van der Waals surface area contributed by atoms with Crippen molar-refractivity contribution in [2.45, 2.75) is 34.1 Å². The van der Waals surface area contributed by atoms with E-state index in [9.17, 15) is 0 Å². The highest BCUT2D eigenvalue weighted by Crippen LogP contribution is 2.12. The quantitative estimate of drug-likeness (QED) is 0.486. The molecule has 1 N–H and O–H groups in total. The minimum absolute atomic E-state index is 0.602. The number of nitrogens with one attached hydrogen (secondary N) is 1. The van der Waals surface area contributed by atoms with Crippen molar-refractivity contribution in [2.75, 3.05) is 0 Å². The summed E-state index contributed by atoms with van der Waals surface area (Å²) in [5.41, 5.74) is 2.04. The Balaban J connectivity index is 4.21. The molecule has 0 aromatic carbocycles. The lowest BCUT2D eigenvalue weighted by atomic mass is 10.0. The van der Waals surface area contributed by atoms with Crippen molar-refractivity contribution >= 4 is 5.71 Å². The maximum absolute atomic E-state index is 7.19. The van der Waals surface area contributed by atoms with Gasteiger partial charge in [0, 0.05) is 5.71 Å². The van der Waals surface area contributed by atoms with E-state index in [0.29, 0.717) is 11.6 Å². The Hall–Kier alpha value is -0.850. The molecule has 0 saturated heterocycles. The first-order valence-electron chi connectivity index (χ1n) is 4.50. The van der Waals surface area contributed by atoms with E-state index in [4.69, 9.17) is 5.41 Å². The highest BCUT2D eigenvalue weighted by Gasteiger charge is 1.97. The van der Waals surface area contributed by atoms with Gasteiger partial charge >= 0.3 is 0 Å². The smallest absolute Gasteiger partial charge is 0.0282 e. The lowest BCUT2D eigenvalue weighted by Crippen LogP contribution is -1.91. The zero-order valence-electron chi connectivity index (χ0n) is 8.52. The van der Waals surface area contributed by atoms with Gasteiger partial charge in [0.15, 0.2) is 0 Å². The highest BCUT2D eigenvalue weighted by atomic mass is 14.4. The fourth-order valence-electron chi connectivity index (χ4n) is 1.03. The van der Waals surface area contributed by atoms with Crippen molar-refractivity contribution in [2.24, 2.45) is 5.92 Å². The van der Waals surface area contributed by atoms with Gasteiger partial charge < -0.3 is 5.41 Å². The molecule has 0 aliphatic rings. The first kappa shape index (κ1) is 11.2. The molecule has 0 aliphatic heterocycles. The second kappa shape index (κ2) is 5.76. The molecular formula is C11H19N. The van der Waals surface area contributed by atoms with Gasteiger partial charge in [-0.3, -0.25) is 0 Å². The number of hydrogen-bond donors (Lipinski definition) is 1. The van der Waals surface area contributed by atoms with Crippen molar-refractivity contribution in [3.05, 3.63) is 23.8 Å². The zero-order chi connectivity index (χ0) is 9.56. The number of rotatable bonds is 4. The molecule has 0 saturated carbocycles. The summed E-state index contributed by atoms with van der Waals surface area (Å²) in [6, 6.07) is 0. The van der Waals surface area contributed by atoms with Crippen LogP contribution < -0.4 is 0 Å². The lowest BCUT2D eigenvalue weighted by molar-refractivity contribution is 0.732. The number of hydrogen-bond acceptors (Lipinski definition) is 1. The summed E-state index contributed by atoms with van der Waals surface area (Å²) in [6.45, 7) is 8.34. The van der Waals surface area contributed by atoms with E-state index in [0.717, 1.165) is 6.42 Å². The minimum atomic E-state index is 0.602. The zero-order valence-corrected chi connectivity index (χ0v) is 8.52. The Morgan fingerprint density at radius 1 is 1.42 bits per heavy atom. The van der Waals surface area contributed by atoms with Crippen LogP contribution in [-0.4, -0.2) is 5.71 Å². The van der Waals surface area contributed by atoms with Gasteiger partial charge in [-0.2, -0.15) is 0 Å². The fraction of sp³-hybridized carbons (Fsp3) is 0.545. The van der Waals surface area contributed by atoms with Crippen LogP contribution in [0, 0.1) is 11.3 Å². The fourth-order valence-corrected chi connectivity index (χ4v) is 1.03. The topological polar surface area (TPSA) is 23.9 Å². The van der Waals surface area contributed by atoms with Crippen LogP contribution in [0.1, 0.15) is 34.1 Å². The Bertz CT molecular complexity index is 197. The standard InChI is InChI=1S/C11H19N/c1-5-11(9(2)3)8-6-7-10(4)12/h6-9,12H,5H2,1-4H3/b7-6-,11-8+,12-10?. The minimum Gasteiger partial charge on any atom is -0.306 e. The SMILES string of the molecule is CC/C(=C\C=C/C(C)=N)C(C)C. The van der Waals surface area contributed by atoms with Crippen molar-refractivity contribution in [1.82, 2.24) is 0 Å². The number of allylic oxidation sites excluding steroid dienone is 4. The van der Waals surface area contributed by atoms with Crippen molar-refractivity contribution in [1.29, 1.82) is 5.41 Å². The molecular weight excluding hydrogens is 146 g/mol. The van der Waals surface area contributed by atoms with Gasteiger partial charge in [0.25, 0.3) is 0 Å². The molecule has 0 spiro atoms. The van der Waals surface area contributed by atoms with E-state index in [1.165, 1.54) is 5.57 Å². The summed E-state index contributed by atoms with van der Waals surface area (Å²) >= 11 is 0. The van der Waals surface area contributed by atoms with Gasteiger partial charge in [-0.25, -0.2) is 0 Å². The molecule has 0 aromatic rings. The van der Waals surface area contributed by atoms with Crippen LogP contribution in [0.4, 0.5) is 0 Å². The van der Waals surface area contributed by atoms with E-state index in [-0.39, 0.29) is 0 Å². The summed E-state index contributed by atoms with van der Waals surface area (Å²) in [6.07, 6.45) is 6.99. The van der Waals surface area contributed by atoms with Gasteiger partial charge in [0.2, 0.25) is 0 Å². The Kier molecular flexibility index (Phi) is 5.35. The van der Waals surface area contributed by atoms with Crippen LogP contribution in [0.15, 0.2) is 23.8 Å². The lowest BCUT2D eigenvalue weighted by Gasteiger charge is -2.06. The molecule has 0 bridgehead atoms. The monoisotopic (exact) mass is 165 g/mol. The Morgan fingerprint density at radius 3 is 2.33 bits per heavy atom. The summed E-state index contributed by atoms with van der Waals surface area (Å²) < 4.78 is 0. The molecule has 0 unspecified atom stereocenters. The summed E-state index contributed by atoms with van der Waals surface area (Å²) in [5, 5.41) is 7.19. The van der Waals surface area contributed by atoms with Crippen LogP contribution in [0.2, 0.25) is 0 Å². The van der Waals surface area contributed by atoms with E-state index in [2.05, 4.69) is 26.8 Å². The first-order chi connectivity index (χ1) is 5.57. The molecule has 12 heavy (non-hydrogen) atoms. The average Bonchev–Trinajstić information content (AvgIpc) is 1.96. The summed E-state index contributed by atoms with van der Waals surface area (Å²) in [4.78, 5) is 0. The van der Waals surface area contributed by atoms with Gasteiger partial charge in [0.1, 0.15) is 0 Å².